The third-order valence-electron chi connectivity index (χ3n) is 5.27. The molecule has 1 aliphatic carbocycles. The van der Waals surface area contributed by atoms with Crippen LogP contribution in [0.25, 0.3) is 22.2 Å². The van der Waals surface area contributed by atoms with E-state index in [0.29, 0.717) is 22.8 Å². The number of halogens is 1. The lowest BCUT2D eigenvalue weighted by Crippen LogP contribution is -2.14. The van der Waals surface area contributed by atoms with Crippen LogP contribution in [0.2, 0.25) is 5.15 Å². The fourth-order valence-corrected chi connectivity index (χ4v) is 4.27. The maximum Gasteiger partial charge on any atom is 0.229 e. The minimum absolute atomic E-state index is 0.0174. The molecule has 5 rings (SSSR count). The van der Waals surface area contributed by atoms with Crippen molar-refractivity contribution in [2.24, 2.45) is 5.92 Å². The Hall–Kier alpha value is -3.43. The van der Waals surface area contributed by atoms with Crippen LogP contribution < -0.4 is 9.62 Å². The summed E-state index contributed by atoms with van der Waals surface area (Å²) in [5.41, 5.74) is 3.25. The highest BCUT2D eigenvalue weighted by Crippen LogP contribution is 2.34. The Morgan fingerprint density at radius 1 is 1.09 bits per heavy atom. The Morgan fingerprint density at radius 2 is 1.84 bits per heavy atom. The van der Waals surface area contributed by atoms with E-state index in [2.05, 4.69) is 20.3 Å². The number of benzene rings is 1. The van der Waals surface area contributed by atoms with Crippen LogP contribution in [0.3, 0.4) is 0 Å². The van der Waals surface area contributed by atoms with Crippen molar-refractivity contribution in [2.45, 2.75) is 12.8 Å². The Balaban J connectivity index is 1.51. The number of pyridine rings is 2. The van der Waals surface area contributed by atoms with Gasteiger partial charge in [0.05, 0.1) is 17.6 Å². The molecule has 4 aromatic rings. The SMILES string of the molecule is O=C(Nc1cc(-c2ccc(N(c3ccc(Cl)nc3)[SH](=O)=O)cc2)c2cc[nH]c2n1)C1CC1. The molecule has 0 spiro atoms. The van der Waals surface area contributed by atoms with Crippen molar-refractivity contribution in [1.82, 2.24) is 15.0 Å². The van der Waals surface area contributed by atoms with Gasteiger partial charge in [0.2, 0.25) is 16.8 Å². The lowest BCUT2D eigenvalue weighted by atomic mass is 10.0. The zero-order chi connectivity index (χ0) is 22.2. The van der Waals surface area contributed by atoms with Gasteiger partial charge in [0.1, 0.15) is 16.6 Å². The maximum absolute atomic E-state index is 12.2. The Kier molecular flexibility index (Phi) is 5.28. The first-order valence-electron chi connectivity index (χ1n) is 9.95. The zero-order valence-corrected chi connectivity index (χ0v) is 18.3. The standard InChI is InChI=1S/C22H18ClN5O3S/c23-19-8-7-16(12-25-19)28(32(30)31)15-5-3-13(4-6-15)18-11-20(27-22(29)14-1-2-14)26-21-17(18)9-10-24-21/h3-12,14,32H,1-2H2,(H2,24,26,27,29). The molecule has 1 amide bonds. The van der Waals surface area contributed by atoms with Gasteiger partial charge >= 0.3 is 0 Å². The van der Waals surface area contributed by atoms with E-state index in [4.69, 9.17) is 11.6 Å². The van der Waals surface area contributed by atoms with Crippen molar-refractivity contribution in [3.8, 4) is 11.1 Å². The summed E-state index contributed by atoms with van der Waals surface area (Å²) in [7, 11) is -2.94. The highest BCUT2D eigenvalue weighted by Gasteiger charge is 2.30. The van der Waals surface area contributed by atoms with Crippen molar-refractivity contribution in [2.75, 3.05) is 9.62 Å². The maximum atomic E-state index is 12.2. The second-order valence-corrected chi connectivity index (χ2v) is 8.76. The van der Waals surface area contributed by atoms with Crippen molar-refractivity contribution >= 4 is 56.6 Å². The molecule has 2 N–H and O–H groups in total. The van der Waals surface area contributed by atoms with Gasteiger partial charge in [-0.2, -0.15) is 0 Å². The summed E-state index contributed by atoms with van der Waals surface area (Å²) in [6, 6.07) is 14.0. The fourth-order valence-electron chi connectivity index (χ4n) is 3.53. The van der Waals surface area contributed by atoms with Crippen LogP contribution in [0.1, 0.15) is 12.8 Å². The molecular weight excluding hydrogens is 450 g/mol. The molecule has 0 saturated heterocycles. The zero-order valence-electron chi connectivity index (χ0n) is 16.7. The molecule has 32 heavy (non-hydrogen) atoms. The number of H-pyrrole nitrogens is 1. The molecule has 1 fully saturated rings. The van der Waals surface area contributed by atoms with Crippen molar-refractivity contribution in [1.29, 1.82) is 0 Å². The average molecular weight is 468 g/mol. The number of hydrogen-bond donors (Lipinski definition) is 3. The molecule has 0 bridgehead atoms. The monoisotopic (exact) mass is 467 g/mol. The van der Waals surface area contributed by atoms with Gasteiger partial charge in [0.15, 0.2) is 0 Å². The number of aromatic amines is 1. The molecule has 0 aliphatic heterocycles. The summed E-state index contributed by atoms with van der Waals surface area (Å²) >= 11 is 5.82. The summed E-state index contributed by atoms with van der Waals surface area (Å²) in [5.74, 6) is 0.532. The van der Waals surface area contributed by atoms with Crippen LogP contribution in [-0.2, 0) is 15.7 Å². The van der Waals surface area contributed by atoms with Gasteiger partial charge in [-0.25, -0.2) is 22.7 Å². The Morgan fingerprint density at radius 3 is 2.50 bits per heavy atom. The third kappa shape index (κ3) is 4.04. The van der Waals surface area contributed by atoms with Crippen LogP contribution in [-0.4, -0.2) is 29.3 Å². The van der Waals surface area contributed by atoms with Crippen LogP contribution >= 0.6 is 11.6 Å². The predicted octanol–water partition coefficient (Wildman–Crippen LogP) is 4.29. The van der Waals surface area contributed by atoms with E-state index in [-0.39, 0.29) is 17.0 Å². The topological polar surface area (TPSA) is 108 Å². The quantitative estimate of drug-likeness (QED) is 0.289. The summed E-state index contributed by atoms with van der Waals surface area (Å²) in [6.07, 6.45) is 5.01. The second-order valence-electron chi connectivity index (χ2n) is 7.49. The van der Waals surface area contributed by atoms with Crippen molar-refractivity contribution in [3.05, 3.63) is 66.1 Å². The molecule has 162 valence electrons. The van der Waals surface area contributed by atoms with Crippen molar-refractivity contribution < 1.29 is 13.2 Å². The number of amides is 1. The molecule has 10 heteroatoms. The highest BCUT2D eigenvalue weighted by molar-refractivity contribution is 7.74. The second kappa shape index (κ2) is 8.25. The molecule has 0 unspecified atom stereocenters. The van der Waals surface area contributed by atoms with E-state index in [9.17, 15) is 13.2 Å². The number of nitrogens with zero attached hydrogens (tertiary/aromatic N) is 3. The summed E-state index contributed by atoms with van der Waals surface area (Å²) in [4.78, 5) is 23.7. The van der Waals surface area contributed by atoms with Gasteiger partial charge in [0, 0.05) is 17.5 Å². The number of anilines is 3. The van der Waals surface area contributed by atoms with Crippen LogP contribution in [0, 0.1) is 5.92 Å². The number of carbonyl (C=O) groups excluding carboxylic acids is 1. The minimum Gasteiger partial charge on any atom is -0.346 e. The molecule has 0 atom stereocenters. The smallest absolute Gasteiger partial charge is 0.229 e. The van der Waals surface area contributed by atoms with Gasteiger partial charge in [-0.3, -0.25) is 4.79 Å². The highest BCUT2D eigenvalue weighted by atomic mass is 35.5. The van der Waals surface area contributed by atoms with Gasteiger partial charge in [-0.05, 0) is 60.4 Å². The van der Waals surface area contributed by atoms with E-state index in [0.717, 1.165) is 29.4 Å². The third-order valence-corrected chi connectivity index (χ3v) is 6.28. The largest absolute Gasteiger partial charge is 0.346 e. The minimum atomic E-state index is -2.94. The van der Waals surface area contributed by atoms with Gasteiger partial charge in [-0.15, -0.1) is 0 Å². The number of nitrogens with one attached hydrogen (secondary N) is 2. The fraction of sp³-hybridized carbons (Fsp3) is 0.136. The number of fused-ring (bicyclic) bond motifs is 1. The number of rotatable bonds is 6. The lowest BCUT2D eigenvalue weighted by Gasteiger charge is -2.18. The molecule has 1 saturated carbocycles. The van der Waals surface area contributed by atoms with Crippen LogP contribution in [0.4, 0.5) is 17.2 Å². The molecular formula is C22H18ClN5O3S. The van der Waals surface area contributed by atoms with Gasteiger partial charge < -0.3 is 10.3 Å². The molecule has 3 aromatic heterocycles. The molecule has 3 heterocycles. The molecule has 1 aliphatic rings. The van der Waals surface area contributed by atoms with Crippen LogP contribution in [0.15, 0.2) is 60.9 Å². The molecule has 1 aromatic carbocycles. The first-order valence-corrected chi connectivity index (χ1v) is 11.5. The summed E-state index contributed by atoms with van der Waals surface area (Å²) in [6.45, 7) is 0. The van der Waals surface area contributed by atoms with E-state index in [1.54, 1.807) is 24.4 Å². The van der Waals surface area contributed by atoms with Gasteiger partial charge in [-0.1, -0.05) is 23.7 Å². The summed E-state index contributed by atoms with van der Waals surface area (Å²) < 4.78 is 25.0. The van der Waals surface area contributed by atoms with E-state index >= 15 is 0 Å². The number of hydrogen-bond acceptors (Lipinski definition) is 5. The summed E-state index contributed by atoms with van der Waals surface area (Å²) in [5, 5.41) is 4.07. The van der Waals surface area contributed by atoms with E-state index < -0.39 is 10.9 Å². The number of thiol groups is 1. The van der Waals surface area contributed by atoms with E-state index in [1.165, 1.54) is 16.6 Å². The molecule has 8 nitrogen and oxygen atoms in total. The van der Waals surface area contributed by atoms with Crippen molar-refractivity contribution in [3.63, 3.8) is 0 Å². The van der Waals surface area contributed by atoms with Gasteiger partial charge in [0.25, 0.3) is 0 Å². The number of carbonyl (C=O) groups is 1. The molecule has 0 radical (unpaired) electrons. The van der Waals surface area contributed by atoms with E-state index in [1.807, 2.05) is 24.3 Å². The lowest BCUT2D eigenvalue weighted by molar-refractivity contribution is -0.117. The Labute approximate surface area is 190 Å². The predicted molar refractivity (Wildman–Crippen MR) is 125 cm³/mol. The first-order chi connectivity index (χ1) is 15.5. The van der Waals surface area contributed by atoms with Crippen LogP contribution in [0.5, 0.6) is 0 Å². The normalized spacial score (nSPS) is 13.4. The average Bonchev–Trinajstić information content (AvgIpc) is 3.53. The first kappa shape index (κ1) is 20.5. The number of aromatic nitrogens is 3. The Bertz CT molecular complexity index is 1370.